The van der Waals surface area contributed by atoms with Gasteiger partial charge in [0.25, 0.3) is 5.91 Å². The Balaban J connectivity index is 1.17. The minimum Gasteiger partial charge on any atom is -0.355 e. The molecule has 1 aliphatic heterocycles. The fourth-order valence-electron chi connectivity index (χ4n) is 4.01. The SMILES string of the molecule is Cc1ccc(C(=O)NC2CCN(CC(=O)NCCc3cccc4cccnc34)CC2)s1. The monoisotopic (exact) mass is 436 g/mol. The van der Waals surface area contributed by atoms with Gasteiger partial charge >= 0.3 is 0 Å². The van der Waals surface area contributed by atoms with Crippen LogP contribution in [0.5, 0.6) is 0 Å². The minimum atomic E-state index is 0.0113. The van der Waals surface area contributed by atoms with Gasteiger partial charge in [-0.2, -0.15) is 0 Å². The summed E-state index contributed by atoms with van der Waals surface area (Å²) in [6.07, 6.45) is 4.30. The summed E-state index contributed by atoms with van der Waals surface area (Å²) < 4.78 is 0. The number of hydrogen-bond acceptors (Lipinski definition) is 5. The number of pyridine rings is 1. The number of fused-ring (bicyclic) bond motifs is 1. The number of aromatic nitrogens is 1. The molecule has 1 aliphatic rings. The van der Waals surface area contributed by atoms with E-state index in [2.05, 4.69) is 38.7 Å². The van der Waals surface area contributed by atoms with Crippen molar-refractivity contribution in [2.75, 3.05) is 26.2 Å². The van der Waals surface area contributed by atoms with E-state index >= 15 is 0 Å². The lowest BCUT2D eigenvalue weighted by molar-refractivity contribution is -0.122. The molecule has 1 aromatic carbocycles. The summed E-state index contributed by atoms with van der Waals surface area (Å²) in [5.41, 5.74) is 2.15. The first-order valence-corrected chi connectivity index (χ1v) is 11.6. The van der Waals surface area contributed by atoms with E-state index in [1.54, 1.807) is 6.20 Å². The predicted molar refractivity (Wildman–Crippen MR) is 124 cm³/mol. The number of piperidine rings is 1. The van der Waals surface area contributed by atoms with Crippen LogP contribution in [0.3, 0.4) is 0 Å². The van der Waals surface area contributed by atoms with E-state index in [1.807, 2.05) is 31.2 Å². The highest BCUT2D eigenvalue weighted by Crippen LogP contribution is 2.17. The fraction of sp³-hybridized carbons (Fsp3) is 0.375. The van der Waals surface area contributed by atoms with Gasteiger partial charge in [-0.15, -0.1) is 11.3 Å². The van der Waals surface area contributed by atoms with Crippen molar-refractivity contribution in [1.82, 2.24) is 20.5 Å². The van der Waals surface area contributed by atoms with Crippen LogP contribution in [-0.4, -0.2) is 53.9 Å². The van der Waals surface area contributed by atoms with E-state index in [-0.39, 0.29) is 17.9 Å². The zero-order valence-corrected chi connectivity index (χ0v) is 18.6. The van der Waals surface area contributed by atoms with Crippen molar-refractivity contribution in [3.05, 3.63) is 64.0 Å². The Morgan fingerprint density at radius 2 is 1.94 bits per heavy atom. The number of thiophene rings is 1. The number of carbonyl (C=O) groups is 2. The average Bonchev–Trinajstić information content (AvgIpc) is 3.22. The first kappa shape index (κ1) is 21.5. The molecule has 2 amide bonds. The van der Waals surface area contributed by atoms with Gasteiger partial charge in [-0.1, -0.05) is 24.3 Å². The highest BCUT2D eigenvalue weighted by Gasteiger charge is 2.22. The molecule has 4 rings (SSSR count). The maximum atomic E-state index is 12.4. The fourth-order valence-corrected chi connectivity index (χ4v) is 4.78. The molecule has 3 aromatic rings. The molecular weight excluding hydrogens is 408 g/mol. The molecule has 3 heterocycles. The lowest BCUT2D eigenvalue weighted by Crippen LogP contribution is -2.47. The van der Waals surface area contributed by atoms with Gasteiger partial charge in [-0.05, 0) is 49.9 Å². The van der Waals surface area contributed by atoms with E-state index in [0.29, 0.717) is 13.1 Å². The van der Waals surface area contributed by atoms with Crippen molar-refractivity contribution < 1.29 is 9.59 Å². The number of carbonyl (C=O) groups excluding carboxylic acids is 2. The third kappa shape index (κ3) is 5.68. The number of benzene rings is 1. The molecule has 1 fully saturated rings. The summed E-state index contributed by atoms with van der Waals surface area (Å²) in [6, 6.07) is 14.2. The van der Waals surface area contributed by atoms with Crippen LogP contribution in [0.2, 0.25) is 0 Å². The zero-order valence-electron chi connectivity index (χ0n) is 17.8. The van der Waals surface area contributed by atoms with Crippen molar-refractivity contribution in [3.8, 4) is 0 Å². The third-order valence-electron chi connectivity index (χ3n) is 5.69. The number of nitrogens with zero attached hydrogens (tertiary/aromatic N) is 2. The average molecular weight is 437 g/mol. The minimum absolute atomic E-state index is 0.0113. The Labute approximate surface area is 186 Å². The lowest BCUT2D eigenvalue weighted by Gasteiger charge is -2.31. The predicted octanol–water partition coefficient (Wildman–Crippen LogP) is 3.16. The maximum absolute atomic E-state index is 12.4. The first-order valence-electron chi connectivity index (χ1n) is 10.8. The molecule has 31 heavy (non-hydrogen) atoms. The van der Waals surface area contributed by atoms with Gasteiger partial charge < -0.3 is 10.6 Å². The Morgan fingerprint density at radius 1 is 1.13 bits per heavy atom. The van der Waals surface area contributed by atoms with E-state index in [9.17, 15) is 9.59 Å². The molecule has 0 radical (unpaired) electrons. The summed E-state index contributed by atoms with van der Waals surface area (Å²) in [5, 5.41) is 7.28. The molecule has 6 nitrogen and oxygen atoms in total. The van der Waals surface area contributed by atoms with Gasteiger partial charge in [0, 0.05) is 42.1 Å². The number of aryl methyl sites for hydroxylation is 1. The van der Waals surface area contributed by atoms with Crippen molar-refractivity contribution in [1.29, 1.82) is 0 Å². The van der Waals surface area contributed by atoms with Crippen LogP contribution >= 0.6 is 11.3 Å². The number of hydrogen-bond donors (Lipinski definition) is 2. The topological polar surface area (TPSA) is 74.3 Å². The Bertz CT molecular complexity index is 1050. The Kier molecular flexibility index (Phi) is 6.94. The van der Waals surface area contributed by atoms with Crippen LogP contribution in [0.25, 0.3) is 10.9 Å². The Morgan fingerprint density at radius 3 is 2.71 bits per heavy atom. The van der Waals surface area contributed by atoms with E-state index < -0.39 is 0 Å². The number of nitrogens with one attached hydrogen (secondary N) is 2. The molecule has 0 unspecified atom stereocenters. The van der Waals surface area contributed by atoms with Crippen molar-refractivity contribution in [2.45, 2.75) is 32.2 Å². The zero-order chi connectivity index (χ0) is 21.6. The summed E-state index contributed by atoms with van der Waals surface area (Å²) in [6.45, 7) is 4.63. The van der Waals surface area contributed by atoms with Crippen molar-refractivity contribution >= 4 is 34.1 Å². The third-order valence-corrected chi connectivity index (χ3v) is 6.69. The van der Waals surface area contributed by atoms with Crippen LogP contribution in [0.15, 0.2) is 48.7 Å². The van der Waals surface area contributed by atoms with Crippen LogP contribution in [0.4, 0.5) is 0 Å². The molecule has 2 N–H and O–H groups in total. The first-order chi connectivity index (χ1) is 15.1. The smallest absolute Gasteiger partial charge is 0.261 e. The van der Waals surface area contributed by atoms with Gasteiger partial charge in [0.15, 0.2) is 0 Å². The molecule has 0 spiro atoms. The summed E-state index contributed by atoms with van der Waals surface area (Å²) in [7, 11) is 0. The molecule has 7 heteroatoms. The second-order valence-electron chi connectivity index (χ2n) is 8.03. The molecule has 2 aromatic heterocycles. The van der Waals surface area contributed by atoms with Gasteiger partial charge in [-0.25, -0.2) is 0 Å². The van der Waals surface area contributed by atoms with Gasteiger partial charge in [-0.3, -0.25) is 19.5 Å². The lowest BCUT2D eigenvalue weighted by atomic mass is 10.0. The van der Waals surface area contributed by atoms with E-state index in [4.69, 9.17) is 0 Å². The van der Waals surface area contributed by atoms with Gasteiger partial charge in [0.2, 0.25) is 5.91 Å². The summed E-state index contributed by atoms with van der Waals surface area (Å²) >= 11 is 1.52. The second kappa shape index (κ2) is 10.0. The molecule has 162 valence electrons. The molecule has 0 bridgehead atoms. The van der Waals surface area contributed by atoms with Gasteiger partial charge in [0.1, 0.15) is 0 Å². The number of rotatable bonds is 7. The van der Waals surface area contributed by atoms with Crippen LogP contribution in [0, 0.1) is 6.92 Å². The highest BCUT2D eigenvalue weighted by atomic mass is 32.1. The quantitative estimate of drug-likeness (QED) is 0.597. The molecule has 1 saturated heterocycles. The normalized spacial score (nSPS) is 15.1. The molecule has 0 atom stereocenters. The summed E-state index contributed by atoms with van der Waals surface area (Å²) in [4.78, 5) is 33.2. The number of amides is 2. The number of para-hydroxylation sites is 1. The van der Waals surface area contributed by atoms with Gasteiger partial charge in [0.05, 0.1) is 16.9 Å². The van der Waals surface area contributed by atoms with Crippen LogP contribution in [-0.2, 0) is 11.2 Å². The van der Waals surface area contributed by atoms with Crippen LogP contribution < -0.4 is 10.6 Å². The highest BCUT2D eigenvalue weighted by molar-refractivity contribution is 7.13. The van der Waals surface area contributed by atoms with E-state index in [0.717, 1.165) is 58.6 Å². The largest absolute Gasteiger partial charge is 0.355 e. The summed E-state index contributed by atoms with van der Waals surface area (Å²) in [5.74, 6) is 0.0574. The molecular formula is C24H28N4O2S. The number of likely N-dealkylation sites (tertiary alicyclic amines) is 1. The van der Waals surface area contributed by atoms with Crippen molar-refractivity contribution in [2.24, 2.45) is 0 Å². The Hall–Kier alpha value is -2.77. The van der Waals surface area contributed by atoms with E-state index in [1.165, 1.54) is 11.3 Å². The maximum Gasteiger partial charge on any atom is 0.261 e. The second-order valence-corrected chi connectivity index (χ2v) is 9.31. The van der Waals surface area contributed by atoms with Crippen molar-refractivity contribution in [3.63, 3.8) is 0 Å². The van der Waals surface area contributed by atoms with Crippen LogP contribution in [0.1, 0.15) is 33.0 Å². The standard InChI is InChI=1S/C24H28N4O2S/c1-17-7-8-21(31-17)24(30)27-20-10-14-28(15-11-20)16-22(29)25-13-9-19-5-2-4-18-6-3-12-26-23(18)19/h2-8,12,20H,9-11,13-16H2,1H3,(H,25,29)(H,27,30). The molecule has 0 saturated carbocycles. The molecule has 0 aliphatic carbocycles.